The maximum absolute atomic E-state index is 12.2. The maximum Gasteiger partial charge on any atom is 0.223 e. The molecule has 0 aromatic rings. The largest absolute Gasteiger partial charge is 0.412 e. The summed E-state index contributed by atoms with van der Waals surface area (Å²) in [6.45, 7) is 3.01. The van der Waals surface area contributed by atoms with E-state index in [1.165, 1.54) is 0 Å². The number of hydrogen-bond acceptors (Lipinski definition) is 2. The van der Waals surface area contributed by atoms with Crippen molar-refractivity contribution < 1.29 is 15.1 Å². The third kappa shape index (κ3) is 1.69. The third-order valence-corrected chi connectivity index (χ3v) is 5.34. The number of hydrogen-bond donors (Lipinski definition) is 0. The average Bonchev–Trinajstić information content (AvgIpc) is 2.68. The highest BCUT2D eigenvalue weighted by atomic mass is 16.2. The predicted octanol–water partition coefficient (Wildman–Crippen LogP) is 1.32. The lowest BCUT2D eigenvalue weighted by atomic mass is 9.64. The first-order chi connectivity index (χ1) is 8.15. The molecule has 102 valence electrons. The van der Waals surface area contributed by atoms with E-state index in [2.05, 4.69) is 11.8 Å². The van der Waals surface area contributed by atoms with E-state index in [4.69, 9.17) is 0 Å². The van der Waals surface area contributed by atoms with Gasteiger partial charge in [0, 0.05) is 30.8 Å². The van der Waals surface area contributed by atoms with E-state index in [0.717, 1.165) is 38.6 Å². The van der Waals surface area contributed by atoms with Gasteiger partial charge < -0.3 is 10.4 Å². The van der Waals surface area contributed by atoms with Crippen LogP contribution in [0.25, 0.3) is 0 Å². The van der Waals surface area contributed by atoms with Crippen LogP contribution in [0.5, 0.6) is 0 Å². The Hall–Kier alpha value is -0.900. The van der Waals surface area contributed by atoms with Gasteiger partial charge in [-0.05, 0) is 38.0 Å². The van der Waals surface area contributed by atoms with Gasteiger partial charge in [0.1, 0.15) is 5.78 Å². The Balaban J connectivity index is 0.00000120. The van der Waals surface area contributed by atoms with Crippen molar-refractivity contribution in [1.29, 1.82) is 0 Å². The van der Waals surface area contributed by atoms with Gasteiger partial charge in [-0.2, -0.15) is 0 Å². The van der Waals surface area contributed by atoms with E-state index in [-0.39, 0.29) is 16.9 Å². The summed E-state index contributed by atoms with van der Waals surface area (Å²) in [5, 5.41) is 0. The number of rotatable bonds is 0. The van der Waals surface area contributed by atoms with Crippen LogP contribution in [-0.2, 0) is 9.59 Å². The van der Waals surface area contributed by atoms with Gasteiger partial charge in [-0.3, -0.25) is 9.59 Å². The molecule has 0 aromatic carbocycles. The van der Waals surface area contributed by atoms with E-state index in [1.54, 1.807) is 0 Å². The molecular formula is C14H23NO3. The number of carbonyl (C=O) groups is 2. The highest BCUT2D eigenvalue weighted by Crippen LogP contribution is 2.50. The first kappa shape index (κ1) is 13.5. The van der Waals surface area contributed by atoms with Gasteiger partial charge in [0.25, 0.3) is 0 Å². The van der Waals surface area contributed by atoms with Crippen LogP contribution >= 0.6 is 0 Å². The van der Waals surface area contributed by atoms with Crippen molar-refractivity contribution in [3.05, 3.63) is 0 Å². The fraction of sp³-hybridized carbons (Fsp3) is 0.857. The van der Waals surface area contributed by atoms with Gasteiger partial charge in [0.15, 0.2) is 0 Å². The van der Waals surface area contributed by atoms with Crippen molar-refractivity contribution in [3.63, 3.8) is 0 Å². The summed E-state index contributed by atoms with van der Waals surface area (Å²) in [4.78, 5) is 26.2. The monoisotopic (exact) mass is 253 g/mol. The quantitative estimate of drug-likeness (QED) is 0.653. The minimum atomic E-state index is 0. The molecule has 2 saturated heterocycles. The summed E-state index contributed by atoms with van der Waals surface area (Å²) in [7, 11) is 0. The Kier molecular flexibility index (Phi) is 3.49. The van der Waals surface area contributed by atoms with Gasteiger partial charge in [0.2, 0.25) is 5.91 Å². The van der Waals surface area contributed by atoms with Crippen LogP contribution in [0.15, 0.2) is 0 Å². The van der Waals surface area contributed by atoms with E-state index in [9.17, 15) is 9.59 Å². The van der Waals surface area contributed by atoms with E-state index < -0.39 is 0 Å². The van der Waals surface area contributed by atoms with Crippen molar-refractivity contribution in [2.75, 3.05) is 6.54 Å². The Labute approximate surface area is 108 Å². The first-order valence-corrected chi connectivity index (χ1v) is 6.98. The molecule has 3 aliphatic rings. The number of Topliss-reactive ketones (excluding diaryl/α,β-unsaturated/α-hetero) is 1. The van der Waals surface area contributed by atoms with E-state index >= 15 is 0 Å². The zero-order chi connectivity index (χ0) is 12.0. The van der Waals surface area contributed by atoms with Crippen molar-refractivity contribution in [2.24, 2.45) is 11.8 Å². The predicted molar refractivity (Wildman–Crippen MR) is 68.0 cm³/mol. The Bertz CT molecular complexity index is 368. The van der Waals surface area contributed by atoms with E-state index in [0.29, 0.717) is 30.4 Å². The molecule has 4 heteroatoms. The van der Waals surface area contributed by atoms with Crippen molar-refractivity contribution in [3.8, 4) is 0 Å². The molecule has 1 saturated carbocycles. The van der Waals surface area contributed by atoms with Crippen LogP contribution in [0.1, 0.15) is 51.9 Å². The van der Waals surface area contributed by atoms with Crippen LogP contribution in [-0.4, -0.2) is 34.2 Å². The number of carbonyl (C=O) groups excluding carboxylic acids is 2. The van der Waals surface area contributed by atoms with Crippen molar-refractivity contribution in [1.82, 2.24) is 4.90 Å². The Morgan fingerprint density at radius 3 is 2.72 bits per heavy atom. The highest BCUT2D eigenvalue weighted by molar-refractivity contribution is 5.84. The second-order valence-corrected chi connectivity index (χ2v) is 6.01. The van der Waals surface area contributed by atoms with Gasteiger partial charge in [-0.25, -0.2) is 0 Å². The van der Waals surface area contributed by atoms with Crippen LogP contribution < -0.4 is 0 Å². The second kappa shape index (κ2) is 4.65. The number of ketones is 1. The highest BCUT2D eigenvalue weighted by Gasteiger charge is 2.54. The van der Waals surface area contributed by atoms with Crippen molar-refractivity contribution in [2.45, 2.75) is 57.4 Å². The molecule has 0 radical (unpaired) electrons. The lowest BCUT2D eigenvalue weighted by Gasteiger charge is -2.48. The second-order valence-electron chi connectivity index (χ2n) is 6.01. The molecule has 3 fully saturated rings. The van der Waals surface area contributed by atoms with E-state index in [1.807, 2.05) is 0 Å². The number of amides is 1. The smallest absolute Gasteiger partial charge is 0.223 e. The average molecular weight is 253 g/mol. The fourth-order valence-electron chi connectivity index (χ4n) is 4.49. The minimum absolute atomic E-state index is 0. The summed E-state index contributed by atoms with van der Waals surface area (Å²) in [6.07, 6.45) is 6.59. The van der Waals surface area contributed by atoms with Crippen LogP contribution in [0, 0.1) is 11.8 Å². The fourth-order valence-corrected chi connectivity index (χ4v) is 4.49. The molecule has 0 bridgehead atoms. The third-order valence-electron chi connectivity index (χ3n) is 5.34. The summed E-state index contributed by atoms with van der Waals surface area (Å²) in [5.41, 5.74) is 0.0565. The zero-order valence-electron chi connectivity index (χ0n) is 11.1. The molecule has 0 unspecified atom stereocenters. The molecule has 2 aliphatic heterocycles. The van der Waals surface area contributed by atoms with Crippen LogP contribution in [0.3, 0.4) is 0 Å². The Morgan fingerprint density at radius 2 is 1.94 bits per heavy atom. The molecule has 1 spiro atoms. The topological polar surface area (TPSA) is 68.9 Å². The molecule has 0 aromatic heterocycles. The maximum atomic E-state index is 12.2. The molecule has 1 amide bonds. The molecule has 3 rings (SSSR count). The first-order valence-electron chi connectivity index (χ1n) is 6.98. The standard InChI is InChI=1S/C14H21NO2.H2O/c1-10-11-4-2-5-13(17)15-9-3-7-14(11,15)8-6-12(10)16;/h10-11H,2-9H2,1H3;1H2/t10-,11+,14-;/m0./s1. The summed E-state index contributed by atoms with van der Waals surface area (Å²) >= 11 is 0. The van der Waals surface area contributed by atoms with Crippen LogP contribution in [0.4, 0.5) is 0 Å². The lowest BCUT2D eigenvalue weighted by molar-refractivity contribution is -0.143. The Morgan fingerprint density at radius 1 is 1.17 bits per heavy atom. The lowest BCUT2D eigenvalue weighted by Crippen LogP contribution is -2.56. The zero-order valence-corrected chi connectivity index (χ0v) is 11.1. The summed E-state index contributed by atoms with van der Waals surface area (Å²) < 4.78 is 0. The molecule has 1 aliphatic carbocycles. The van der Waals surface area contributed by atoms with Gasteiger partial charge >= 0.3 is 0 Å². The minimum Gasteiger partial charge on any atom is -0.412 e. The number of nitrogens with zero attached hydrogens (tertiary/aromatic N) is 1. The van der Waals surface area contributed by atoms with Gasteiger partial charge in [-0.15, -0.1) is 0 Å². The molecule has 3 atom stereocenters. The van der Waals surface area contributed by atoms with Crippen molar-refractivity contribution >= 4 is 11.7 Å². The summed E-state index contributed by atoms with van der Waals surface area (Å²) in [6, 6.07) is 0. The normalized spacial score (nSPS) is 39.7. The molecule has 4 nitrogen and oxygen atoms in total. The van der Waals surface area contributed by atoms with Gasteiger partial charge in [-0.1, -0.05) is 6.92 Å². The molecular weight excluding hydrogens is 230 g/mol. The molecule has 18 heavy (non-hydrogen) atoms. The van der Waals surface area contributed by atoms with Crippen LogP contribution in [0.2, 0.25) is 0 Å². The summed E-state index contributed by atoms with van der Waals surface area (Å²) in [5.74, 6) is 1.35. The SMILES string of the molecule is C[C@@H]1C(=O)CC[C@]23CCCN2C(=O)CCC[C@H]13.O. The van der Waals surface area contributed by atoms with Gasteiger partial charge in [0.05, 0.1) is 0 Å². The molecule has 2 heterocycles. The molecule has 2 N–H and O–H groups in total.